The van der Waals surface area contributed by atoms with Gasteiger partial charge in [0.25, 0.3) is 0 Å². The van der Waals surface area contributed by atoms with E-state index in [1.807, 2.05) is 19.2 Å². The number of fused-ring (bicyclic) bond motifs is 1. The highest BCUT2D eigenvalue weighted by Gasteiger charge is 2.21. The first kappa shape index (κ1) is 7.43. The molecular weight excluding hydrogens is 150 g/mol. The summed E-state index contributed by atoms with van der Waals surface area (Å²) in [5.74, 6) is 0. The standard InChI is InChI=1S/C9H13N3/c1-7-5-4-6-8-9(7)11(2)12(3)10-8/h4-6,10H,1-3H3. The summed E-state index contributed by atoms with van der Waals surface area (Å²) in [6.45, 7) is 2.12. The van der Waals surface area contributed by atoms with Crippen LogP contribution in [0.15, 0.2) is 18.2 Å². The summed E-state index contributed by atoms with van der Waals surface area (Å²) < 4.78 is 0. The fourth-order valence-corrected chi connectivity index (χ4v) is 1.58. The molecule has 3 heteroatoms. The molecule has 0 saturated heterocycles. The lowest BCUT2D eigenvalue weighted by Crippen LogP contribution is -2.34. The second kappa shape index (κ2) is 2.38. The SMILES string of the molecule is Cc1cccc2c1N(C)N(C)N2. The summed E-state index contributed by atoms with van der Waals surface area (Å²) in [6, 6.07) is 6.27. The summed E-state index contributed by atoms with van der Waals surface area (Å²) in [5, 5.41) is 4.07. The number of nitrogens with zero attached hydrogens (tertiary/aromatic N) is 2. The van der Waals surface area contributed by atoms with E-state index in [1.54, 1.807) is 0 Å². The maximum absolute atomic E-state index is 3.25. The highest BCUT2D eigenvalue weighted by atomic mass is 15.8. The molecule has 1 aliphatic rings. The molecule has 12 heavy (non-hydrogen) atoms. The van der Waals surface area contributed by atoms with Gasteiger partial charge in [-0.1, -0.05) is 12.1 Å². The van der Waals surface area contributed by atoms with Crippen LogP contribution in [0, 0.1) is 6.92 Å². The van der Waals surface area contributed by atoms with E-state index in [0.29, 0.717) is 0 Å². The molecule has 0 unspecified atom stereocenters. The van der Waals surface area contributed by atoms with Gasteiger partial charge in [-0.25, -0.2) is 0 Å². The Kier molecular flexibility index (Phi) is 1.48. The van der Waals surface area contributed by atoms with E-state index in [4.69, 9.17) is 0 Å². The van der Waals surface area contributed by atoms with Crippen LogP contribution in [0.5, 0.6) is 0 Å². The van der Waals surface area contributed by atoms with Crippen LogP contribution in [0.2, 0.25) is 0 Å². The van der Waals surface area contributed by atoms with Gasteiger partial charge in [0.05, 0.1) is 11.4 Å². The molecule has 0 saturated carbocycles. The minimum absolute atomic E-state index is 1.18. The molecule has 1 N–H and O–H groups in total. The fourth-order valence-electron chi connectivity index (χ4n) is 1.58. The Morgan fingerprint density at radius 1 is 1.25 bits per heavy atom. The van der Waals surface area contributed by atoms with Gasteiger partial charge in [0.1, 0.15) is 0 Å². The maximum atomic E-state index is 3.25. The molecule has 3 nitrogen and oxygen atoms in total. The first-order chi connectivity index (χ1) is 5.70. The van der Waals surface area contributed by atoms with Crippen LogP contribution in [0.3, 0.4) is 0 Å². The van der Waals surface area contributed by atoms with Crippen LogP contribution < -0.4 is 10.4 Å². The largest absolute Gasteiger partial charge is 0.299 e. The minimum Gasteiger partial charge on any atom is -0.299 e. The smallest absolute Gasteiger partial charge is 0.0811 e. The van der Waals surface area contributed by atoms with Crippen LogP contribution in [-0.4, -0.2) is 19.2 Å². The van der Waals surface area contributed by atoms with Gasteiger partial charge in [-0.15, -0.1) is 5.12 Å². The summed E-state index contributed by atoms with van der Waals surface area (Å²) in [4.78, 5) is 0. The quantitative estimate of drug-likeness (QED) is 0.627. The van der Waals surface area contributed by atoms with E-state index < -0.39 is 0 Å². The number of rotatable bonds is 0. The van der Waals surface area contributed by atoms with E-state index in [2.05, 4.69) is 35.6 Å². The molecule has 0 aliphatic carbocycles. The van der Waals surface area contributed by atoms with Gasteiger partial charge in [-0.2, -0.15) is 0 Å². The molecular formula is C9H13N3. The van der Waals surface area contributed by atoms with Gasteiger partial charge >= 0.3 is 0 Å². The zero-order valence-corrected chi connectivity index (χ0v) is 7.63. The third-order valence-electron chi connectivity index (χ3n) is 2.29. The molecule has 0 aromatic heterocycles. The van der Waals surface area contributed by atoms with E-state index in [0.717, 1.165) is 0 Å². The van der Waals surface area contributed by atoms with Crippen LogP contribution in [-0.2, 0) is 0 Å². The van der Waals surface area contributed by atoms with Crippen molar-refractivity contribution in [1.82, 2.24) is 5.12 Å². The molecule has 0 amide bonds. The zero-order valence-electron chi connectivity index (χ0n) is 7.63. The van der Waals surface area contributed by atoms with Crippen molar-refractivity contribution in [2.75, 3.05) is 24.5 Å². The van der Waals surface area contributed by atoms with Crippen LogP contribution in [0.1, 0.15) is 5.56 Å². The normalized spacial score (nSPS) is 16.1. The second-order valence-corrected chi connectivity index (χ2v) is 3.13. The van der Waals surface area contributed by atoms with Gasteiger partial charge in [-0.3, -0.25) is 10.4 Å². The van der Waals surface area contributed by atoms with Gasteiger partial charge in [0, 0.05) is 14.1 Å². The van der Waals surface area contributed by atoms with Gasteiger partial charge in [0.2, 0.25) is 0 Å². The van der Waals surface area contributed by atoms with Crippen molar-refractivity contribution >= 4 is 11.4 Å². The number of hydrogen-bond donors (Lipinski definition) is 1. The third kappa shape index (κ3) is 0.865. The number of para-hydroxylation sites is 1. The predicted octanol–water partition coefficient (Wildman–Crippen LogP) is 1.62. The molecule has 0 atom stereocenters. The van der Waals surface area contributed by atoms with E-state index in [1.165, 1.54) is 16.9 Å². The van der Waals surface area contributed by atoms with E-state index in [-0.39, 0.29) is 0 Å². The predicted molar refractivity (Wildman–Crippen MR) is 51.0 cm³/mol. The van der Waals surface area contributed by atoms with Crippen molar-refractivity contribution in [3.63, 3.8) is 0 Å². The minimum atomic E-state index is 1.18. The van der Waals surface area contributed by atoms with Crippen LogP contribution in [0.4, 0.5) is 11.4 Å². The van der Waals surface area contributed by atoms with Crippen molar-refractivity contribution in [3.8, 4) is 0 Å². The van der Waals surface area contributed by atoms with E-state index in [9.17, 15) is 0 Å². The summed E-state index contributed by atoms with van der Waals surface area (Å²) >= 11 is 0. The number of hydrogen-bond acceptors (Lipinski definition) is 3. The fraction of sp³-hybridized carbons (Fsp3) is 0.333. The molecule has 1 aromatic rings. The van der Waals surface area contributed by atoms with Crippen molar-refractivity contribution < 1.29 is 0 Å². The van der Waals surface area contributed by atoms with E-state index >= 15 is 0 Å². The van der Waals surface area contributed by atoms with Gasteiger partial charge < -0.3 is 0 Å². The molecule has 1 heterocycles. The maximum Gasteiger partial charge on any atom is 0.0811 e. The Bertz CT molecular complexity index is 309. The Morgan fingerprint density at radius 2 is 2.00 bits per heavy atom. The molecule has 1 aliphatic heterocycles. The Hall–Kier alpha value is -1.22. The highest BCUT2D eigenvalue weighted by Crippen LogP contribution is 2.34. The molecule has 0 bridgehead atoms. The second-order valence-electron chi connectivity index (χ2n) is 3.13. The van der Waals surface area contributed by atoms with Crippen molar-refractivity contribution in [2.45, 2.75) is 6.92 Å². The zero-order chi connectivity index (χ0) is 8.72. The molecule has 64 valence electrons. The number of hydrazine groups is 2. The van der Waals surface area contributed by atoms with Crippen molar-refractivity contribution in [1.29, 1.82) is 0 Å². The molecule has 0 fully saturated rings. The highest BCUT2D eigenvalue weighted by molar-refractivity contribution is 5.75. The molecule has 0 spiro atoms. The Labute approximate surface area is 72.5 Å². The topological polar surface area (TPSA) is 18.5 Å². The monoisotopic (exact) mass is 163 g/mol. The van der Waals surface area contributed by atoms with Gasteiger partial charge in [0.15, 0.2) is 0 Å². The molecule has 1 aromatic carbocycles. The van der Waals surface area contributed by atoms with Crippen molar-refractivity contribution in [3.05, 3.63) is 23.8 Å². The molecule has 0 radical (unpaired) electrons. The lowest BCUT2D eigenvalue weighted by Gasteiger charge is -2.21. The molecule has 2 rings (SSSR count). The Balaban J connectivity index is 2.55. The lowest BCUT2D eigenvalue weighted by molar-refractivity contribution is 0.412. The van der Waals surface area contributed by atoms with Crippen molar-refractivity contribution in [2.24, 2.45) is 0 Å². The number of benzene rings is 1. The summed E-state index contributed by atoms with van der Waals surface area (Å²) in [6.07, 6.45) is 0. The Morgan fingerprint density at radius 3 is 2.67 bits per heavy atom. The third-order valence-corrected chi connectivity index (χ3v) is 2.29. The summed E-state index contributed by atoms with van der Waals surface area (Å²) in [7, 11) is 4.05. The first-order valence-electron chi connectivity index (χ1n) is 4.04. The first-order valence-corrected chi connectivity index (χ1v) is 4.04. The van der Waals surface area contributed by atoms with Crippen LogP contribution in [0.25, 0.3) is 0 Å². The number of anilines is 2. The number of aryl methyl sites for hydroxylation is 1. The lowest BCUT2D eigenvalue weighted by atomic mass is 10.2. The summed E-state index contributed by atoms with van der Waals surface area (Å²) in [5.41, 5.74) is 6.99. The average Bonchev–Trinajstić information content (AvgIpc) is 2.29. The average molecular weight is 163 g/mol. The number of nitrogens with one attached hydrogen (secondary N) is 1. The van der Waals surface area contributed by atoms with Gasteiger partial charge in [-0.05, 0) is 18.6 Å². The van der Waals surface area contributed by atoms with Crippen LogP contribution >= 0.6 is 0 Å².